The lowest BCUT2D eigenvalue weighted by Gasteiger charge is -2.14. The summed E-state index contributed by atoms with van der Waals surface area (Å²) >= 11 is 0. The Morgan fingerprint density at radius 3 is 1.87 bits per heavy atom. The van der Waals surface area contributed by atoms with Gasteiger partial charge in [0.2, 0.25) is 5.75 Å². The predicted molar refractivity (Wildman–Crippen MR) is 110 cm³/mol. The monoisotopic (exact) mass is 416 g/mol. The summed E-state index contributed by atoms with van der Waals surface area (Å²) < 4.78 is 26.0. The van der Waals surface area contributed by atoms with E-state index in [4.69, 9.17) is 23.7 Å². The van der Waals surface area contributed by atoms with Crippen molar-refractivity contribution >= 4 is 17.9 Å². The number of hydrogen-bond acceptors (Lipinski definition) is 7. The summed E-state index contributed by atoms with van der Waals surface area (Å²) in [4.78, 5) is 24.4. The maximum absolute atomic E-state index is 12.4. The Bertz CT molecular complexity index is 916. The van der Waals surface area contributed by atoms with E-state index < -0.39 is 11.8 Å². The molecule has 0 saturated carbocycles. The second-order valence-electron chi connectivity index (χ2n) is 5.81. The molecule has 0 aliphatic heterocycles. The third-order valence-electron chi connectivity index (χ3n) is 4.06. The quantitative estimate of drug-likeness (QED) is 0.502. The second kappa shape index (κ2) is 10.6. The van der Waals surface area contributed by atoms with Crippen LogP contribution < -0.4 is 34.5 Å². The number of carbonyl (C=O) groups excluding carboxylic acids is 2. The first kappa shape index (κ1) is 22.4. The number of benzene rings is 2. The third kappa shape index (κ3) is 5.34. The van der Waals surface area contributed by atoms with E-state index in [9.17, 15) is 9.59 Å². The molecule has 0 spiro atoms. The molecule has 0 fully saturated rings. The summed E-state index contributed by atoms with van der Waals surface area (Å²) in [6.07, 6.45) is 2.85. The summed E-state index contributed by atoms with van der Waals surface area (Å²) in [5.41, 5.74) is 5.58. The van der Waals surface area contributed by atoms with E-state index in [0.717, 1.165) is 5.56 Å². The van der Waals surface area contributed by atoms with Crippen LogP contribution >= 0.6 is 0 Å². The summed E-state index contributed by atoms with van der Waals surface area (Å²) in [7, 11) is 7.42. The first-order valence-corrected chi connectivity index (χ1v) is 8.77. The van der Waals surface area contributed by atoms with Gasteiger partial charge in [0.25, 0.3) is 11.8 Å². The van der Waals surface area contributed by atoms with Gasteiger partial charge in [-0.1, -0.05) is 6.07 Å². The molecule has 30 heavy (non-hydrogen) atoms. The maximum atomic E-state index is 12.4. The van der Waals surface area contributed by atoms with Crippen LogP contribution in [0.3, 0.4) is 0 Å². The number of nitrogens with one attached hydrogen (secondary N) is 2. The highest BCUT2D eigenvalue weighted by molar-refractivity contribution is 5.98. The van der Waals surface area contributed by atoms with E-state index in [2.05, 4.69) is 10.9 Å². The van der Waals surface area contributed by atoms with Gasteiger partial charge in [0.05, 0.1) is 35.5 Å². The number of rotatable bonds is 8. The van der Waals surface area contributed by atoms with Gasteiger partial charge >= 0.3 is 0 Å². The maximum Gasteiger partial charge on any atom is 0.269 e. The van der Waals surface area contributed by atoms with E-state index in [0.29, 0.717) is 28.7 Å². The zero-order valence-electron chi connectivity index (χ0n) is 17.4. The van der Waals surface area contributed by atoms with Gasteiger partial charge in [0.15, 0.2) is 23.0 Å². The molecule has 0 saturated heterocycles. The molecule has 9 heteroatoms. The number of methoxy groups -OCH3 is 5. The van der Waals surface area contributed by atoms with E-state index in [1.165, 1.54) is 53.8 Å². The molecule has 2 rings (SSSR count). The second-order valence-corrected chi connectivity index (χ2v) is 5.81. The average Bonchev–Trinajstić information content (AvgIpc) is 2.79. The molecule has 0 radical (unpaired) electrons. The first-order valence-electron chi connectivity index (χ1n) is 8.77. The molecule has 0 aliphatic carbocycles. The molecular formula is C21H24N2O7. The molecule has 0 bridgehead atoms. The van der Waals surface area contributed by atoms with E-state index >= 15 is 0 Å². The van der Waals surface area contributed by atoms with Crippen LogP contribution in [0.1, 0.15) is 15.9 Å². The van der Waals surface area contributed by atoms with Crippen molar-refractivity contribution in [3.63, 3.8) is 0 Å². The summed E-state index contributed by atoms with van der Waals surface area (Å²) in [5, 5.41) is 0. The largest absolute Gasteiger partial charge is 0.493 e. The van der Waals surface area contributed by atoms with E-state index in [1.54, 1.807) is 24.3 Å². The third-order valence-corrected chi connectivity index (χ3v) is 4.06. The smallest absolute Gasteiger partial charge is 0.269 e. The van der Waals surface area contributed by atoms with E-state index in [-0.39, 0.29) is 5.56 Å². The van der Waals surface area contributed by atoms with Gasteiger partial charge in [-0.3, -0.25) is 20.4 Å². The van der Waals surface area contributed by atoms with Crippen molar-refractivity contribution in [2.24, 2.45) is 0 Å². The van der Waals surface area contributed by atoms with Gasteiger partial charge in [-0.05, 0) is 35.9 Å². The highest BCUT2D eigenvalue weighted by Crippen LogP contribution is 2.38. The standard InChI is InChI=1S/C21H24N2O7/c1-26-15-8-6-13(10-16(15)27-2)7-9-19(24)22-23-21(25)14-11-17(28-3)20(30-5)18(12-14)29-4/h6-12H,1-5H3,(H,22,24)(H,23,25). The zero-order chi connectivity index (χ0) is 22.1. The van der Waals surface area contributed by atoms with Gasteiger partial charge in [-0.2, -0.15) is 0 Å². The zero-order valence-corrected chi connectivity index (χ0v) is 17.4. The van der Waals surface area contributed by atoms with Gasteiger partial charge in [-0.15, -0.1) is 0 Å². The lowest BCUT2D eigenvalue weighted by atomic mass is 10.1. The average molecular weight is 416 g/mol. The van der Waals surface area contributed by atoms with Crippen molar-refractivity contribution in [1.82, 2.24) is 10.9 Å². The topological polar surface area (TPSA) is 104 Å². The molecule has 0 aliphatic rings. The molecule has 0 aromatic heterocycles. The van der Waals surface area contributed by atoms with Crippen LogP contribution in [0.25, 0.3) is 6.08 Å². The van der Waals surface area contributed by atoms with Crippen LogP contribution in [0.5, 0.6) is 28.7 Å². The van der Waals surface area contributed by atoms with E-state index in [1.807, 2.05) is 0 Å². The lowest BCUT2D eigenvalue weighted by Crippen LogP contribution is -2.40. The minimum Gasteiger partial charge on any atom is -0.493 e. The van der Waals surface area contributed by atoms with Crippen molar-refractivity contribution < 1.29 is 33.3 Å². The Labute approximate surface area is 174 Å². The lowest BCUT2D eigenvalue weighted by molar-refractivity contribution is -0.117. The number of carbonyl (C=O) groups is 2. The summed E-state index contributed by atoms with van der Waals surface area (Å²) in [6.45, 7) is 0. The highest BCUT2D eigenvalue weighted by atomic mass is 16.5. The van der Waals surface area contributed by atoms with Gasteiger partial charge in [0, 0.05) is 11.6 Å². The molecule has 2 amide bonds. The van der Waals surface area contributed by atoms with Crippen molar-refractivity contribution in [2.75, 3.05) is 35.5 Å². The molecule has 2 N–H and O–H groups in total. The van der Waals surface area contributed by atoms with Crippen molar-refractivity contribution in [1.29, 1.82) is 0 Å². The summed E-state index contributed by atoms with van der Waals surface area (Å²) in [5.74, 6) is 1.04. The Morgan fingerprint density at radius 1 is 0.733 bits per heavy atom. The Hall–Kier alpha value is -3.88. The van der Waals surface area contributed by atoms with Gasteiger partial charge in [-0.25, -0.2) is 0 Å². The molecule has 2 aromatic rings. The minimum absolute atomic E-state index is 0.216. The van der Waals surface area contributed by atoms with Gasteiger partial charge in [0.1, 0.15) is 0 Å². The van der Waals surface area contributed by atoms with Crippen LogP contribution in [0.4, 0.5) is 0 Å². The van der Waals surface area contributed by atoms with Crippen molar-refractivity contribution in [3.8, 4) is 28.7 Å². The first-order chi connectivity index (χ1) is 14.5. The van der Waals surface area contributed by atoms with Crippen LogP contribution in [-0.2, 0) is 4.79 Å². The number of hydrogen-bond donors (Lipinski definition) is 2. The number of amides is 2. The predicted octanol–water partition coefficient (Wildman–Crippen LogP) is 2.20. The molecule has 2 aromatic carbocycles. The van der Waals surface area contributed by atoms with Crippen LogP contribution in [0.2, 0.25) is 0 Å². The normalized spacial score (nSPS) is 10.3. The van der Waals surface area contributed by atoms with Crippen molar-refractivity contribution in [3.05, 3.63) is 47.5 Å². The SMILES string of the molecule is COc1ccc(C=CC(=O)NNC(=O)c2cc(OC)c(OC)c(OC)c2)cc1OC. The molecule has 0 atom stereocenters. The molecule has 160 valence electrons. The highest BCUT2D eigenvalue weighted by Gasteiger charge is 2.17. The van der Waals surface area contributed by atoms with Crippen LogP contribution in [0, 0.1) is 0 Å². The molecule has 0 heterocycles. The van der Waals surface area contributed by atoms with Crippen LogP contribution in [-0.4, -0.2) is 47.4 Å². The fourth-order valence-electron chi connectivity index (χ4n) is 2.57. The minimum atomic E-state index is -0.554. The van der Waals surface area contributed by atoms with Crippen molar-refractivity contribution in [2.45, 2.75) is 0 Å². The summed E-state index contributed by atoms with van der Waals surface area (Å²) in [6, 6.07) is 8.16. The fourth-order valence-corrected chi connectivity index (χ4v) is 2.57. The fraction of sp³-hybridized carbons (Fsp3) is 0.238. The number of hydrazine groups is 1. The van der Waals surface area contributed by atoms with Crippen LogP contribution in [0.15, 0.2) is 36.4 Å². The Balaban J connectivity index is 2.04. The molecule has 9 nitrogen and oxygen atoms in total. The van der Waals surface area contributed by atoms with Gasteiger partial charge < -0.3 is 23.7 Å². The number of ether oxygens (including phenoxy) is 5. The molecular weight excluding hydrogens is 392 g/mol. The molecule has 0 unspecified atom stereocenters. The Kier molecular flexibility index (Phi) is 7.92. The Morgan fingerprint density at radius 2 is 1.33 bits per heavy atom.